The summed E-state index contributed by atoms with van der Waals surface area (Å²) in [7, 11) is 2.15. The molecule has 1 N–H and O–H groups in total. The average Bonchev–Trinajstić information content (AvgIpc) is 2.47. The van der Waals surface area contributed by atoms with Crippen LogP contribution in [0.4, 0.5) is 0 Å². The summed E-state index contributed by atoms with van der Waals surface area (Å²) in [5.74, 6) is 0.826. The maximum atomic E-state index is 11.9. The SMILES string of the molecule is CN1CCC(CC(=O)NCCCN2CCOCC2)CC1. The van der Waals surface area contributed by atoms with E-state index in [0.717, 1.165) is 71.7 Å². The third-order valence-corrected chi connectivity index (χ3v) is 4.39. The minimum absolute atomic E-state index is 0.238. The van der Waals surface area contributed by atoms with Crippen LogP contribution in [0.2, 0.25) is 0 Å². The van der Waals surface area contributed by atoms with Gasteiger partial charge in [-0.15, -0.1) is 0 Å². The molecule has 0 bridgehead atoms. The molecule has 0 spiro atoms. The van der Waals surface area contributed by atoms with Gasteiger partial charge in [0.15, 0.2) is 0 Å². The molecular formula is C15H29N3O2. The molecule has 0 aromatic heterocycles. The van der Waals surface area contributed by atoms with E-state index >= 15 is 0 Å². The first-order valence-electron chi connectivity index (χ1n) is 7.99. The van der Waals surface area contributed by atoms with Crippen molar-refractivity contribution in [1.82, 2.24) is 15.1 Å². The molecule has 0 radical (unpaired) electrons. The van der Waals surface area contributed by atoms with Crippen molar-refractivity contribution in [3.8, 4) is 0 Å². The van der Waals surface area contributed by atoms with E-state index in [1.807, 2.05) is 0 Å². The molecule has 2 saturated heterocycles. The van der Waals surface area contributed by atoms with Gasteiger partial charge in [0, 0.05) is 26.1 Å². The minimum atomic E-state index is 0.238. The van der Waals surface area contributed by atoms with Crippen LogP contribution >= 0.6 is 0 Å². The van der Waals surface area contributed by atoms with Gasteiger partial charge in [-0.25, -0.2) is 0 Å². The highest BCUT2D eigenvalue weighted by atomic mass is 16.5. The molecule has 0 aliphatic carbocycles. The molecule has 0 atom stereocenters. The maximum absolute atomic E-state index is 11.9. The fraction of sp³-hybridized carbons (Fsp3) is 0.933. The first-order valence-corrected chi connectivity index (χ1v) is 7.99. The Morgan fingerprint density at radius 1 is 1.20 bits per heavy atom. The van der Waals surface area contributed by atoms with E-state index in [2.05, 4.69) is 22.2 Å². The normalized spacial score (nSPS) is 22.9. The van der Waals surface area contributed by atoms with Gasteiger partial charge in [0.2, 0.25) is 5.91 Å². The summed E-state index contributed by atoms with van der Waals surface area (Å²) in [4.78, 5) is 16.6. The molecule has 5 heteroatoms. The van der Waals surface area contributed by atoms with Gasteiger partial charge in [-0.1, -0.05) is 0 Å². The van der Waals surface area contributed by atoms with Crippen LogP contribution in [0.3, 0.4) is 0 Å². The number of ether oxygens (including phenoxy) is 1. The highest BCUT2D eigenvalue weighted by Gasteiger charge is 2.19. The maximum Gasteiger partial charge on any atom is 0.220 e. The Bertz CT molecular complexity index is 285. The molecule has 2 fully saturated rings. The van der Waals surface area contributed by atoms with E-state index in [1.54, 1.807) is 0 Å². The number of hydrogen-bond donors (Lipinski definition) is 1. The molecule has 0 aromatic carbocycles. The lowest BCUT2D eigenvalue weighted by molar-refractivity contribution is -0.122. The molecule has 116 valence electrons. The van der Waals surface area contributed by atoms with Gasteiger partial charge in [0.25, 0.3) is 0 Å². The Labute approximate surface area is 122 Å². The van der Waals surface area contributed by atoms with Crippen molar-refractivity contribution in [3.05, 3.63) is 0 Å². The molecule has 0 aromatic rings. The second-order valence-electron chi connectivity index (χ2n) is 6.11. The van der Waals surface area contributed by atoms with E-state index in [1.165, 1.54) is 0 Å². The predicted molar refractivity (Wildman–Crippen MR) is 79.7 cm³/mol. The summed E-state index contributed by atoms with van der Waals surface area (Å²) in [6.07, 6.45) is 4.08. The molecule has 0 saturated carbocycles. The van der Waals surface area contributed by atoms with E-state index in [4.69, 9.17) is 4.74 Å². The third kappa shape index (κ3) is 5.77. The Hall–Kier alpha value is -0.650. The van der Waals surface area contributed by atoms with Gasteiger partial charge in [0.05, 0.1) is 13.2 Å². The summed E-state index contributed by atoms with van der Waals surface area (Å²) in [6.45, 7) is 7.91. The Morgan fingerprint density at radius 2 is 1.90 bits per heavy atom. The minimum Gasteiger partial charge on any atom is -0.379 e. The van der Waals surface area contributed by atoms with Gasteiger partial charge >= 0.3 is 0 Å². The van der Waals surface area contributed by atoms with Crippen molar-refractivity contribution in [2.45, 2.75) is 25.7 Å². The van der Waals surface area contributed by atoms with Crippen molar-refractivity contribution in [1.29, 1.82) is 0 Å². The van der Waals surface area contributed by atoms with Gasteiger partial charge in [0.1, 0.15) is 0 Å². The van der Waals surface area contributed by atoms with Crippen molar-refractivity contribution >= 4 is 5.91 Å². The summed E-state index contributed by atoms with van der Waals surface area (Å²) >= 11 is 0. The van der Waals surface area contributed by atoms with Crippen LogP contribution in [0, 0.1) is 5.92 Å². The summed E-state index contributed by atoms with van der Waals surface area (Å²) in [6, 6.07) is 0. The van der Waals surface area contributed by atoms with E-state index in [0.29, 0.717) is 12.3 Å². The Balaban J connectivity index is 1.49. The quantitative estimate of drug-likeness (QED) is 0.723. The smallest absolute Gasteiger partial charge is 0.220 e. The van der Waals surface area contributed by atoms with Gasteiger partial charge in [-0.3, -0.25) is 9.69 Å². The summed E-state index contributed by atoms with van der Waals surface area (Å²) < 4.78 is 5.32. The molecule has 1 amide bonds. The average molecular weight is 283 g/mol. The van der Waals surface area contributed by atoms with E-state index in [-0.39, 0.29) is 5.91 Å². The van der Waals surface area contributed by atoms with Crippen molar-refractivity contribution in [3.63, 3.8) is 0 Å². The lowest BCUT2D eigenvalue weighted by atomic mass is 9.93. The summed E-state index contributed by atoms with van der Waals surface area (Å²) in [5.41, 5.74) is 0. The van der Waals surface area contributed by atoms with Gasteiger partial charge < -0.3 is 15.0 Å². The molecule has 2 aliphatic rings. The largest absolute Gasteiger partial charge is 0.379 e. The molecule has 2 aliphatic heterocycles. The van der Waals surface area contributed by atoms with Crippen LogP contribution in [0.25, 0.3) is 0 Å². The van der Waals surface area contributed by atoms with Crippen LogP contribution in [-0.2, 0) is 9.53 Å². The molecule has 20 heavy (non-hydrogen) atoms. The van der Waals surface area contributed by atoms with Crippen LogP contribution in [-0.4, -0.2) is 75.2 Å². The highest BCUT2D eigenvalue weighted by molar-refractivity contribution is 5.76. The number of amides is 1. The van der Waals surface area contributed by atoms with Crippen LogP contribution < -0.4 is 5.32 Å². The number of piperidine rings is 1. The van der Waals surface area contributed by atoms with Crippen LogP contribution in [0.1, 0.15) is 25.7 Å². The Kier molecular flexibility index (Phi) is 6.76. The number of nitrogens with one attached hydrogen (secondary N) is 1. The van der Waals surface area contributed by atoms with E-state index in [9.17, 15) is 4.79 Å². The first-order chi connectivity index (χ1) is 9.74. The molecule has 2 heterocycles. The number of morpholine rings is 1. The van der Waals surface area contributed by atoms with E-state index < -0.39 is 0 Å². The van der Waals surface area contributed by atoms with Crippen molar-refractivity contribution in [2.75, 3.05) is 59.5 Å². The fourth-order valence-electron chi connectivity index (χ4n) is 2.96. The number of carbonyl (C=O) groups excluding carboxylic acids is 1. The third-order valence-electron chi connectivity index (χ3n) is 4.39. The number of rotatable bonds is 6. The number of carbonyl (C=O) groups is 1. The molecule has 2 rings (SSSR count). The number of hydrogen-bond acceptors (Lipinski definition) is 4. The van der Waals surface area contributed by atoms with Crippen molar-refractivity contribution < 1.29 is 9.53 Å². The molecule has 0 unspecified atom stereocenters. The summed E-state index contributed by atoms with van der Waals surface area (Å²) in [5, 5.41) is 3.07. The zero-order valence-corrected chi connectivity index (χ0v) is 12.8. The molecular weight excluding hydrogens is 254 g/mol. The zero-order valence-electron chi connectivity index (χ0n) is 12.8. The van der Waals surface area contributed by atoms with Gasteiger partial charge in [-0.05, 0) is 51.9 Å². The van der Waals surface area contributed by atoms with Gasteiger partial charge in [-0.2, -0.15) is 0 Å². The lowest BCUT2D eigenvalue weighted by Crippen LogP contribution is -2.38. The zero-order chi connectivity index (χ0) is 14.2. The first kappa shape index (κ1) is 15.7. The number of likely N-dealkylation sites (tertiary alicyclic amines) is 1. The van der Waals surface area contributed by atoms with Crippen molar-refractivity contribution in [2.24, 2.45) is 5.92 Å². The highest BCUT2D eigenvalue weighted by Crippen LogP contribution is 2.19. The molecule has 5 nitrogen and oxygen atoms in total. The fourth-order valence-corrected chi connectivity index (χ4v) is 2.96. The topological polar surface area (TPSA) is 44.8 Å². The monoisotopic (exact) mass is 283 g/mol. The van der Waals surface area contributed by atoms with Crippen LogP contribution in [0.15, 0.2) is 0 Å². The standard InChI is InChI=1S/C15H29N3O2/c1-17-7-3-14(4-8-17)13-15(19)16-5-2-6-18-9-11-20-12-10-18/h14H,2-13H2,1H3,(H,16,19). The lowest BCUT2D eigenvalue weighted by Gasteiger charge is -2.28. The second kappa shape index (κ2) is 8.60. The Morgan fingerprint density at radius 3 is 2.60 bits per heavy atom. The predicted octanol–water partition coefficient (Wildman–Crippen LogP) is 0.557. The second-order valence-corrected chi connectivity index (χ2v) is 6.11. The number of nitrogens with zero attached hydrogens (tertiary/aromatic N) is 2. The van der Waals surface area contributed by atoms with Crippen LogP contribution in [0.5, 0.6) is 0 Å².